The number of halogens is 1. The van der Waals surface area contributed by atoms with Crippen LogP contribution in [0.5, 0.6) is 0 Å². The molecule has 1 aliphatic rings. The monoisotopic (exact) mass is 413 g/mol. The van der Waals surface area contributed by atoms with Crippen molar-refractivity contribution in [2.24, 2.45) is 5.92 Å². The van der Waals surface area contributed by atoms with Crippen LogP contribution in [-0.2, 0) is 28.9 Å². The van der Waals surface area contributed by atoms with Gasteiger partial charge in [0, 0.05) is 32.0 Å². The first-order valence-corrected chi connectivity index (χ1v) is 9.70. The fourth-order valence-electron chi connectivity index (χ4n) is 3.01. The van der Waals surface area contributed by atoms with E-state index in [9.17, 15) is 9.59 Å². The Hall–Kier alpha value is -1.37. The summed E-state index contributed by atoms with van der Waals surface area (Å²) in [5.74, 6) is 0.0220. The molecular weight excluding hydrogens is 386 g/mol. The highest BCUT2D eigenvalue weighted by Gasteiger charge is 2.34. The molecule has 1 fully saturated rings. The third-order valence-electron chi connectivity index (χ3n) is 4.33. The number of ketones is 1. The van der Waals surface area contributed by atoms with Gasteiger partial charge in [-0.25, -0.2) is 4.79 Å². The molecule has 0 aliphatic carbocycles. The molecule has 1 aromatic heterocycles. The Morgan fingerprint density at radius 1 is 1.32 bits per heavy atom. The van der Waals surface area contributed by atoms with Crippen LogP contribution in [0, 0.1) is 5.92 Å². The lowest BCUT2D eigenvalue weighted by molar-refractivity contribution is -0.121. The number of aromatic nitrogens is 2. The van der Waals surface area contributed by atoms with Crippen molar-refractivity contribution in [2.75, 3.05) is 13.1 Å². The Morgan fingerprint density at radius 2 is 2.00 bits per heavy atom. The summed E-state index contributed by atoms with van der Waals surface area (Å²) in [6, 6.07) is 0. The van der Waals surface area contributed by atoms with Gasteiger partial charge in [-0.3, -0.25) is 9.48 Å². The lowest BCUT2D eigenvalue weighted by Crippen LogP contribution is -2.36. The molecule has 0 bridgehead atoms. The number of rotatable bonds is 5. The van der Waals surface area contributed by atoms with Gasteiger partial charge in [-0.15, -0.1) is 0 Å². The molecule has 0 N–H and O–H groups in total. The normalized spacial score (nSPS) is 17.8. The van der Waals surface area contributed by atoms with Gasteiger partial charge in [0.15, 0.2) is 0 Å². The highest BCUT2D eigenvalue weighted by atomic mass is 79.9. The molecule has 0 aromatic carbocycles. The van der Waals surface area contributed by atoms with Crippen LogP contribution < -0.4 is 0 Å². The van der Waals surface area contributed by atoms with E-state index in [-0.39, 0.29) is 17.8 Å². The van der Waals surface area contributed by atoms with Gasteiger partial charge in [-0.1, -0.05) is 6.92 Å². The molecule has 1 aliphatic heterocycles. The number of amides is 1. The zero-order valence-electron chi connectivity index (χ0n) is 15.8. The Labute approximate surface area is 158 Å². The second-order valence-corrected chi connectivity index (χ2v) is 8.22. The number of Topliss-reactive ketones (excluding diaryl/α,β-unsaturated/α-hetero) is 1. The first-order valence-electron chi connectivity index (χ1n) is 8.91. The average molecular weight is 414 g/mol. The Kier molecular flexibility index (Phi) is 6.30. The summed E-state index contributed by atoms with van der Waals surface area (Å²) in [6.45, 7) is 11.3. The number of likely N-dealkylation sites (tertiary alicyclic amines) is 1. The average Bonchev–Trinajstić information content (AvgIpc) is 3.12. The fourth-order valence-corrected chi connectivity index (χ4v) is 3.72. The van der Waals surface area contributed by atoms with Crippen molar-refractivity contribution in [3.05, 3.63) is 15.9 Å². The largest absolute Gasteiger partial charge is 0.444 e. The molecule has 0 spiro atoms. The lowest BCUT2D eigenvalue weighted by Gasteiger charge is -2.24. The van der Waals surface area contributed by atoms with Crippen molar-refractivity contribution >= 4 is 27.8 Å². The number of aryl methyl sites for hydroxylation is 2. The van der Waals surface area contributed by atoms with E-state index in [0.29, 0.717) is 25.9 Å². The van der Waals surface area contributed by atoms with E-state index in [4.69, 9.17) is 4.74 Å². The van der Waals surface area contributed by atoms with Gasteiger partial charge in [-0.05, 0) is 56.5 Å². The van der Waals surface area contributed by atoms with Crippen molar-refractivity contribution in [3.63, 3.8) is 0 Å². The Morgan fingerprint density at radius 3 is 2.56 bits per heavy atom. The smallest absolute Gasteiger partial charge is 0.410 e. The molecule has 7 heteroatoms. The zero-order valence-corrected chi connectivity index (χ0v) is 17.4. The predicted molar refractivity (Wildman–Crippen MR) is 99.6 cm³/mol. The maximum absolute atomic E-state index is 12.7. The van der Waals surface area contributed by atoms with E-state index >= 15 is 0 Å². The predicted octanol–water partition coefficient (Wildman–Crippen LogP) is 3.60. The SMILES string of the molecule is CCc1nn(CC)c(CC(=O)C2CCN(C(=O)OC(C)(C)C)C2)c1Br. The van der Waals surface area contributed by atoms with Crippen molar-refractivity contribution < 1.29 is 14.3 Å². The molecular formula is C18H28BrN3O3. The molecule has 1 aromatic rings. The number of nitrogens with zero attached hydrogens (tertiary/aromatic N) is 3. The third kappa shape index (κ3) is 4.84. The van der Waals surface area contributed by atoms with Crippen LogP contribution in [0.3, 0.4) is 0 Å². The summed E-state index contributed by atoms with van der Waals surface area (Å²) < 4.78 is 8.22. The van der Waals surface area contributed by atoms with Gasteiger partial charge >= 0.3 is 6.09 Å². The molecule has 1 unspecified atom stereocenters. The Bertz CT molecular complexity index is 649. The van der Waals surface area contributed by atoms with Crippen molar-refractivity contribution in [1.82, 2.24) is 14.7 Å². The molecule has 6 nitrogen and oxygen atoms in total. The number of ether oxygens (including phenoxy) is 1. The minimum Gasteiger partial charge on any atom is -0.444 e. The van der Waals surface area contributed by atoms with Gasteiger partial charge in [0.2, 0.25) is 0 Å². The number of hydrogen-bond acceptors (Lipinski definition) is 4. The van der Waals surface area contributed by atoms with Crippen molar-refractivity contribution in [2.45, 2.75) is 66.0 Å². The second kappa shape index (κ2) is 7.89. The quantitative estimate of drug-likeness (QED) is 0.739. The highest BCUT2D eigenvalue weighted by molar-refractivity contribution is 9.10. The molecule has 1 saturated heterocycles. The lowest BCUT2D eigenvalue weighted by atomic mass is 9.99. The van der Waals surface area contributed by atoms with Gasteiger partial charge in [0.05, 0.1) is 15.9 Å². The summed E-state index contributed by atoms with van der Waals surface area (Å²) in [5, 5.41) is 4.54. The van der Waals surface area contributed by atoms with Gasteiger partial charge in [-0.2, -0.15) is 5.10 Å². The summed E-state index contributed by atoms with van der Waals surface area (Å²) in [5.41, 5.74) is 1.39. The van der Waals surface area contributed by atoms with E-state index in [1.54, 1.807) is 4.90 Å². The maximum atomic E-state index is 12.7. The fraction of sp³-hybridized carbons (Fsp3) is 0.722. The molecule has 25 heavy (non-hydrogen) atoms. The maximum Gasteiger partial charge on any atom is 0.410 e. The standard InChI is InChI=1S/C18H28BrN3O3/c1-6-13-16(19)14(22(7-2)20-13)10-15(23)12-8-9-21(11-12)17(24)25-18(3,4)5/h12H,6-11H2,1-5H3. The first kappa shape index (κ1) is 19.9. The third-order valence-corrected chi connectivity index (χ3v) is 5.25. The van der Waals surface area contributed by atoms with Gasteiger partial charge in [0.1, 0.15) is 11.4 Å². The molecule has 2 heterocycles. The minimum atomic E-state index is -0.520. The molecule has 140 valence electrons. The van der Waals surface area contributed by atoms with E-state index in [0.717, 1.165) is 28.8 Å². The van der Waals surface area contributed by atoms with Crippen LogP contribution in [0.2, 0.25) is 0 Å². The molecule has 0 saturated carbocycles. The van der Waals surface area contributed by atoms with E-state index in [1.165, 1.54) is 0 Å². The zero-order chi connectivity index (χ0) is 18.8. The van der Waals surface area contributed by atoms with Crippen LogP contribution in [0.4, 0.5) is 4.79 Å². The molecule has 1 atom stereocenters. The molecule has 1 amide bonds. The van der Waals surface area contributed by atoms with Gasteiger partial charge in [0.25, 0.3) is 0 Å². The van der Waals surface area contributed by atoms with E-state index in [1.807, 2.05) is 39.3 Å². The number of carbonyl (C=O) groups is 2. The van der Waals surface area contributed by atoms with Crippen molar-refractivity contribution in [1.29, 1.82) is 0 Å². The summed E-state index contributed by atoms with van der Waals surface area (Å²) in [7, 11) is 0. The van der Waals surface area contributed by atoms with Crippen LogP contribution in [0.15, 0.2) is 4.47 Å². The Balaban J connectivity index is 2.01. The summed E-state index contributed by atoms with van der Waals surface area (Å²) in [4.78, 5) is 26.5. The van der Waals surface area contributed by atoms with Crippen LogP contribution in [0.1, 0.15) is 52.4 Å². The van der Waals surface area contributed by atoms with Crippen LogP contribution in [-0.4, -0.2) is 45.2 Å². The summed E-state index contributed by atoms with van der Waals surface area (Å²) in [6.07, 6.45) is 1.52. The molecule has 2 rings (SSSR count). The van der Waals surface area contributed by atoms with E-state index < -0.39 is 5.60 Å². The first-order chi connectivity index (χ1) is 11.7. The second-order valence-electron chi connectivity index (χ2n) is 7.43. The number of carbonyl (C=O) groups excluding carboxylic acids is 2. The molecule has 0 radical (unpaired) electrons. The van der Waals surface area contributed by atoms with Crippen molar-refractivity contribution in [3.8, 4) is 0 Å². The van der Waals surface area contributed by atoms with Gasteiger partial charge < -0.3 is 9.64 Å². The minimum absolute atomic E-state index is 0.135. The highest BCUT2D eigenvalue weighted by Crippen LogP contribution is 2.26. The number of hydrogen-bond donors (Lipinski definition) is 0. The summed E-state index contributed by atoms with van der Waals surface area (Å²) >= 11 is 3.59. The van der Waals surface area contributed by atoms with E-state index in [2.05, 4.69) is 21.0 Å². The van der Waals surface area contributed by atoms with Crippen LogP contribution in [0.25, 0.3) is 0 Å². The topological polar surface area (TPSA) is 64.4 Å². The van der Waals surface area contributed by atoms with Crippen LogP contribution >= 0.6 is 15.9 Å².